The van der Waals surface area contributed by atoms with Crippen LogP contribution in [0.4, 0.5) is 4.48 Å². The molecule has 0 N–H and O–H groups in total. The molecule has 0 amide bonds. The SMILES string of the molecule is CC.CC.CC(C)C.CCN(C)F. The molecule has 0 radical (unpaired) electrons. The van der Waals surface area contributed by atoms with Crippen LogP contribution < -0.4 is 0 Å². The molecule has 0 aliphatic rings. The summed E-state index contributed by atoms with van der Waals surface area (Å²) in [6, 6.07) is 0. The van der Waals surface area contributed by atoms with Crippen molar-refractivity contribution >= 4 is 0 Å². The second kappa shape index (κ2) is 29.7. The Balaban J connectivity index is -0.0000000457. The van der Waals surface area contributed by atoms with Gasteiger partial charge in [-0.2, -0.15) is 0 Å². The summed E-state index contributed by atoms with van der Waals surface area (Å²) in [4.78, 5) is 0. The van der Waals surface area contributed by atoms with Crippen LogP contribution in [-0.2, 0) is 0 Å². The van der Waals surface area contributed by atoms with Crippen molar-refractivity contribution in [2.45, 2.75) is 55.4 Å². The van der Waals surface area contributed by atoms with Gasteiger partial charge in [0.15, 0.2) is 0 Å². The first-order valence-electron chi connectivity index (χ1n) is 5.37. The Kier molecular flexibility index (Phi) is 52.7. The van der Waals surface area contributed by atoms with E-state index in [2.05, 4.69) is 20.8 Å². The van der Waals surface area contributed by atoms with Crippen LogP contribution in [-0.4, -0.2) is 18.7 Å². The van der Waals surface area contributed by atoms with E-state index >= 15 is 0 Å². The molecule has 0 aromatic rings. The molecule has 0 unspecified atom stereocenters. The summed E-state index contributed by atoms with van der Waals surface area (Å²) in [7, 11) is 1.39. The molecule has 0 fully saturated rings. The summed E-state index contributed by atoms with van der Waals surface area (Å²) >= 11 is 0. The third-order valence-corrected chi connectivity index (χ3v) is 0.436. The van der Waals surface area contributed by atoms with Gasteiger partial charge in [0.05, 0.1) is 0 Å². The predicted octanol–water partition coefficient (Wildman–Crippen LogP) is 4.54. The van der Waals surface area contributed by atoms with Crippen molar-refractivity contribution in [1.29, 1.82) is 0 Å². The van der Waals surface area contributed by atoms with E-state index in [-0.39, 0.29) is 0 Å². The Hall–Kier alpha value is -0.110. The molecule has 13 heavy (non-hydrogen) atoms. The first kappa shape index (κ1) is 23.1. The highest BCUT2D eigenvalue weighted by Crippen LogP contribution is 1.81. The predicted molar refractivity (Wildman–Crippen MR) is 62.6 cm³/mol. The molecule has 0 atom stereocenters. The zero-order valence-electron chi connectivity index (χ0n) is 11.1. The molecule has 0 aliphatic heterocycles. The van der Waals surface area contributed by atoms with E-state index in [1.165, 1.54) is 7.05 Å². The topological polar surface area (TPSA) is 3.24 Å². The quantitative estimate of drug-likeness (QED) is 0.555. The number of rotatable bonds is 1. The summed E-state index contributed by atoms with van der Waals surface area (Å²) < 4.78 is 11.3. The Bertz CT molecular complexity index is 42.6. The maximum atomic E-state index is 11.3. The average Bonchev–Trinajstić information content (AvgIpc) is 2.10. The second-order valence-electron chi connectivity index (χ2n) is 2.65. The van der Waals surface area contributed by atoms with E-state index in [0.29, 0.717) is 11.7 Å². The average molecular weight is 195 g/mol. The molecule has 0 bridgehead atoms. The summed E-state index contributed by atoms with van der Waals surface area (Å²) in [6.45, 7) is 16.7. The Morgan fingerprint density at radius 3 is 1.08 bits per heavy atom. The summed E-state index contributed by atoms with van der Waals surface area (Å²) in [5, 5.41) is 0.625. The Labute approximate surface area is 85.3 Å². The fourth-order valence-corrected chi connectivity index (χ4v) is 0. The van der Waals surface area contributed by atoms with Crippen LogP contribution in [0.3, 0.4) is 0 Å². The minimum Gasteiger partial charge on any atom is -0.150 e. The maximum absolute atomic E-state index is 11.3. The summed E-state index contributed by atoms with van der Waals surface area (Å²) in [6.07, 6.45) is 0. The van der Waals surface area contributed by atoms with Crippen LogP contribution in [0.5, 0.6) is 0 Å². The molecule has 86 valence electrons. The first-order valence-corrected chi connectivity index (χ1v) is 5.37. The van der Waals surface area contributed by atoms with Gasteiger partial charge in [0.1, 0.15) is 0 Å². The first-order chi connectivity index (χ1) is 6.00. The molecule has 0 aromatic heterocycles. The zero-order chi connectivity index (χ0) is 11.9. The lowest BCUT2D eigenvalue weighted by Crippen LogP contribution is -2.02. The van der Waals surface area contributed by atoms with E-state index in [0.717, 1.165) is 5.92 Å². The van der Waals surface area contributed by atoms with E-state index in [1.807, 2.05) is 27.7 Å². The lowest BCUT2D eigenvalue weighted by Gasteiger charge is -1.93. The van der Waals surface area contributed by atoms with Crippen molar-refractivity contribution in [2.75, 3.05) is 13.6 Å². The van der Waals surface area contributed by atoms with Crippen LogP contribution >= 0.6 is 0 Å². The Morgan fingerprint density at radius 1 is 1.00 bits per heavy atom. The number of halogens is 1. The molecule has 0 aliphatic carbocycles. The lowest BCUT2D eigenvalue weighted by atomic mass is 10.3. The highest BCUT2D eigenvalue weighted by molar-refractivity contribution is 4.20. The van der Waals surface area contributed by atoms with Crippen molar-refractivity contribution in [3.63, 3.8) is 0 Å². The monoisotopic (exact) mass is 195 g/mol. The molecule has 0 heterocycles. The zero-order valence-corrected chi connectivity index (χ0v) is 11.1. The smallest absolute Gasteiger partial charge is 0.0258 e. The third-order valence-electron chi connectivity index (χ3n) is 0.436. The minimum atomic E-state index is 0.472. The van der Waals surface area contributed by atoms with Gasteiger partial charge in [-0.25, -0.2) is 0 Å². The van der Waals surface area contributed by atoms with Crippen molar-refractivity contribution in [2.24, 2.45) is 5.92 Å². The van der Waals surface area contributed by atoms with Gasteiger partial charge >= 0.3 is 0 Å². The highest BCUT2D eigenvalue weighted by Gasteiger charge is 1.78. The van der Waals surface area contributed by atoms with E-state index in [9.17, 15) is 4.48 Å². The highest BCUT2D eigenvalue weighted by atomic mass is 19.2. The van der Waals surface area contributed by atoms with Crippen LogP contribution in [0.2, 0.25) is 0 Å². The molecule has 2 heteroatoms. The van der Waals surface area contributed by atoms with Crippen LogP contribution in [0.25, 0.3) is 0 Å². The van der Waals surface area contributed by atoms with E-state index in [4.69, 9.17) is 0 Å². The van der Waals surface area contributed by atoms with Crippen LogP contribution in [0, 0.1) is 5.92 Å². The number of nitrogens with zero attached hydrogens (tertiary/aromatic N) is 1. The fraction of sp³-hybridized carbons (Fsp3) is 1.00. The van der Waals surface area contributed by atoms with Gasteiger partial charge in [-0.15, -0.1) is 9.60 Å². The standard InChI is InChI=1S/C4H10.C3H8FN.2C2H6/c1-4(2)3;1-3-5(2)4;2*1-2/h4H,1-3H3;3H2,1-2H3;2*1-2H3. The van der Waals surface area contributed by atoms with Gasteiger partial charge < -0.3 is 0 Å². The molecule has 0 aromatic carbocycles. The molecule has 0 saturated carbocycles. The van der Waals surface area contributed by atoms with E-state index < -0.39 is 0 Å². The van der Waals surface area contributed by atoms with Gasteiger partial charge in [0.2, 0.25) is 0 Å². The maximum Gasteiger partial charge on any atom is 0.0258 e. The Morgan fingerprint density at radius 2 is 1.08 bits per heavy atom. The third kappa shape index (κ3) is 326. The largest absolute Gasteiger partial charge is 0.150 e. The molecular weight excluding hydrogens is 165 g/mol. The van der Waals surface area contributed by atoms with Crippen molar-refractivity contribution in [3.05, 3.63) is 0 Å². The fourth-order valence-electron chi connectivity index (χ4n) is 0. The molecule has 0 saturated heterocycles. The van der Waals surface area contributed by atoms with Crippen LogP contribution in [0.1, 0.15) is 55.4 Å². The number of hydrogen-bond acceptors (Lipinski definition) is 1. The van der Waals surface area contributed by atoms with Gasteiger partial charge in [0.25, 0.3) is 0 Å². The molecule has 0 spiro atoms. The van der Waals surface area contributed by atoms with Crippen LogP contribution in [0.15, 0.2) is 0 Å². The van der Waals surface area contributed by atoms with E-state index in [1.54, 1.807) is 6.92 Å². The number of hydrogen-bond donors (Lipinski definition) is 0. The van der Waals surface area contributed by atoms with Gasteiger partial charge in [-0.1, -0.05) is 48.5 Å². The summed E-state index contributed by atoms with van der Waals surface area (Å²) in [5.74, 6) is 0.833. The molecule has 0 rings (SSSR count). The second-order valence-corrected chi connectivity index (χ2v) is 2.65. The summed E-state index contributed by atoms with van der Waals surface area (Å²) in [5.41, 5.74) is 0. The molecular formula is C11H30FN. The normalized spacial score (nSPS) is 7.38. The van der Waals surface area contributed by atoms with Gasteiger partial charge in [0, 0.05) is 13.6 Å². The van der Waals surface area contributed by atoms with Crippen molar-refractivity contribution < 1.29 is 4.48 Å². The lowest BCUT2D eigenvalue weighted by molar-refractivity contribution is 0.0676. The van der Waals surface area contributed by atoms with Crippen molar-refractivity contribution in [1.82, 2.24) is 5.12 Å². The van der Waals surface area contributed by atoms with Gasteiger partial charge in [-0.05, 0) is 12.8 Å². The van der Waals surface area contributed by atoms with Gasteiger partial charge in [-0.3, -0.25) is 0 Å². The molecule has 1 nitrogen and oxygen atoms in total. The minimum absolute atomic E-state index is 0.472. The van der Waals surface area contributed by atoms with Crippen molar-refractivity contribution in [3.8, 4) is 0 Å².